The summed E-state index contributed by atoms with van der Waals surface area (Å²) in [6.07, 6.45) is 0. The number of hydrogen-bond acceptors (Lipinski definition) is 1. The van der Waals surface area contributed by atoms with Gasteiger partial charge in [-0.2, -0.15) is 0 Å². The summed E-state index contributed by atoms with van der Waals surface area (Å²) >= 11 is 0. The second-order valence-corrected chi connectivity index (χ2v) is 4.93. The Morgan fingerprint density at radius 1 is 0.833 bits per heavy atom. The van der Waals surface area contributed by atoms with E-state index in [1.807, 2.05) is 7.05 Å². The number of benzene rings is 2. The fourth-order valence-corrected chi connectivity index (χ4v) is 2.05. The summed E-state index contributed by atoms with van der Waals surface area (Å²) in [6.45, 7) is 6.48. The highest BCUT2D eigenvalue weighted by Gasteiger charge is 2.03. The molecule has 1 atom stereocenters. The molecule has 0 aliphatic rings. The zero-order valence-corrected chi connectivity index (χ0v) is 11.6. The summed E-state index contributed by atoms with van der Waals surface area (Å²) < 4.78 is 0. The van der Waals surface area contributed by atoms with E-state index < -0.39 is 0 Å². The molecule has 94 valence electrons. The molecule has 2 aromatic carbocycles. The summed E-state index contributed by atoms with van der Waals surface area (Å²) in [5.74, 6) is 0. The molecular formula is C17H21N. The van der Waals surface area contributed by atoms with Crippen molar-refractivity contribution >= 4 is 0 Å². The van der Waals surface area contributed by atoms with Gasteiger partial charge in [0.05, 0.1) is 0 Å². The molecular weight excluding hydrogens is 218 g/mol. The number of hydrogen-bond donors (Lipinski definition) is 1. The highest BCUT2D eigenvalue weighted by atomic mass is 14.8. The van der Waals surface area contributed by atoms with Crippen LogP contribution >= 0.6 is 0 Å². The predicted molar refractivity (Wildman–Crippen MR) is 78.8 cm³/mol. The molecule has 18 heavy (non-hydrogen) atoms. The van der Waals surface area contributed by atoms with Crippen LogP contribution in [0.4, 0.5) is 0 Å². The van der Waals surface area contributed by atoms with Gasteiger partial charge in [0.1, 0.15) is 0 Å². The molecule has 0 amide bonds. The van der Waals surface area contributed by atoms with Crippen molar-refractivity contribution in [2.24, 2.45) is 0 Å². The van der Waals surface area contributed by atoms with Crippen LogP contribution in [0, 0.1) is 13.8 Å². The zero-order chi connectivity index (χ0) is 13.1. The average Bonchev–Trinajstić information content (AvgIpc) is 2.41. The summed E-state index contributed by atoms with van der Waals surface area (Å²) in [5, 5.41) is 3.26. The van der Waals surface area contributed by atoms with Crippen LogP contribution in [0.25, 0.3) is 11.1 Å². The molecule has 2 rings (SSSR count). The van der Waals surface area contributed by atoms with E-state index in [0.717, 1.165) is 0 Å². The van der Waals surface area contributed by atoms with Crippen molar-refractivity contribution in [2.45, 2.75) is 26.8 Å². The van der Waals surface area contributed by atoms with E-state index in [0.29, 0.717) is 6.04 Å². The number of aryl methyl sites for hydroxylation is 2. The Bertz CT molecular complexity index is 526. The molecule has 1 N–H and O–H groups in total. The van der Waals surface area contributed by atoms with Crippen molar-refractivity contribution in [3.8, 4) is 11.1 Å². The second-order valence-electron chi connectivity index (χ2n) is 4.93. The lowest BCUT2D eigenvalue weighted by atomic mass is 9.98. The first-order valence-electron chi connectivity index (χ1n) is 6.46. The zero-order valence-electron chi connectivity index (χ0n) is 11.6. The molecule has 0 bridgehead atoms. The lowest BCUT2D eigenvalue weighted by Gasteiger charge is -2.11. The molecule has 0 radical (unpaired) electrons. The highest BCUT2D eigenvalue weighted by Crippen LogP contribution is 2.23. The third-order valence-electron chi connectivity index (χ3n) is 3.68. The van der Waals surface area contributed by atoms with E-state index in [4.69, 9.17) is 0 Å². The molecule has 0 fully saturated rings. The van der Waals surface area contributed by atoms with Gasteiger partial charge >= 0.3 is 0 Å². The molecule has 0 aliphatic carbocycles. The first kappa shape index (κ1) is 12.8. The standard InChI is InChI=1S/C17H21N/c1-12-5-6-17(11-13(12)2)16-9-7-15(8-10-16)14(3)18-4/h5-11,14,18H,1-4H3. The van der Waals surface area contributed by atoms with Crippen molar-refractivity contribution in [3.05, 3.63) is 59.2 Å². The van der Waals surface area contributed by atoms with Gasteiger partial charge in [0, 0.05) is 6.04 Å². The van der Waals surface area contributed by atoms with Crippen LogP contribution in [-0.2, 0) is 0 Å². The van der Waals surface area contributed by atoms with E-state index in [-0.39, 0.29) is 0 Å². The van der Waals surface area contributed by atoms with Crippen LogP contribution in [0.1, 0.15) is 29.7 Å². The summed E-state index contributed by atoms with van der Waals surface area (Å²) in [5.41, 5.74) is 6.59. The van der Waals surface area contributed by atoms with Crippen molar-refractivity contribution in [3.63, 3.8) is 0 Å². The van der Waals surface area contributed by atoms with Gasteiger partial charge in [-0.05, 0) is 55.6 Å². The van der Waals surface area contributed by atoms with Crippen molar-refractivity contribution in [1.82, 2.24) is 5.32 Å². The van der Waals surface area contributed by atoms with Crippen LogP contribution < -0.4 is 5.32 Å². The van der Waals surface area contributed by atoms with Crippen LogP contribution in [-0.4, -0.2) is 7.05 Å². The smallest absolute Gasteiger partial charge is 0.0289 e. The number of nitrogens with one attached hydrogen (secondary N) is 1. The average molecular weight is 239 g/mol. The molecule has 0 aliphatic heterocycles. The maximum absolute atomic E-state index is 3.26. The van der Waals surface area contributed by atoms with Crippen LogP contribution in [0.5, 0.6) is 0 Å². The third kappa shape index (κ3) is 2.62. The topological polar surface area (TPSA) is 12.0 Å². The van der Waals surface area contributed by atoms with E-state index in [1.54, 1.807) is 0 Å². The van der Waals surface area contributed by atoms with E-state index in [2.05, 4.69) is 68.6 Å². The van der Waals surface area contributed by atoms with Crippen LogP contribution in [0.3, 0.4) is 0 Å². The molecule has 1 heteroatoms. The lowest BCUT2D eigenvalue weighted by molar-refractivity contribution is 0.652. The van der Waals surface area contributed by atoms with E-state index >= 15 is 0 Å². The van der Waals surface area contributed by atoms with Gasteiger partial charge in [-0.25, -0.2) is 0 Å². The monoisotopic (exact) mass is 239 g/mol. The third-order valence-corrected chi connectivity index (χ3v) is 3.68. The SMILES string of the molecule is CNC(C)c1ccc(-c2ccc(C)c(C)c2)cc1. The largest absolute Gasteiger partial charge is 0.313 e. The lowest BCUT2D eigenvalue weighted by Crippen LogP contribution is -2.11. The van der Waals surface area contributed by atoms with Crippen LogP contribution in [0.15, 0.2) is 42.5 Å². The van der Waals surface area contributed by atoms with Gasteiger partial charge < -0.3 is 5.32 Å². The molecule has 1 nitrogen and oxygen atoms in total. The van der Waals surface area contributed by atoms with Gasteiger partial charge in [-0.15, -0.1) is 0 Å². The minimum atomic E-state index is 0.402. The Balaban J connectivity index is 2.31. The fraction of sp³-hybridized carbons (Fsp3) is 0.294. The van der Waals surface area contributed by atoms with Gasteiger partial charge in [-0.3, -0.25) is 0 Å². The maximum atomic E-state index is 3.26. The Kier molecular flexibility index (Phi) is 3.83. The minimum absolute atomic E-state index is 0.402. The van der Waals surface area contributed by atoms with Gasteiger partial charge in [0.15, 0.2) is 0 Å². The van der Waals surface area contributed by atoms with Crippen molar-refractivity contribution in [1.29, 1.82) is 0 Å². The van der Waals surface area contributed by atoms with E-state index in [1.165, 1.54) is 27.8 Å². The second kappa shape index (κ2) is 5.36. The molecule has 1 unspecified atom stereocenters. The Hall–Kier alpha value is -1.60. The Morgan fingerprint density at radius 2 is 1.44 bits per heavy atom. The summed E-state index contributed by atoms with van der Waals surface area (Å²) in [6, 6.07) is 15.8. The number of rotatable bonds is 3. The predicted octanol–water partition coefficient (Wildman–Crippen LogP) is 4.25. The van der Waals surface area contributed by atoms with E-state index in [9.17, 15) is 0 Å². The molecule has 0 spiro atoms. The van der Waals surface area contributed by atoms with Crippen molar-refractivity contribution in [2.75, 3.05) is 7.05 Å². The van der Waals surface area contributed by atoms with Crippen LogP contribution in [0.2, 0.25) is 0 Å². The Morgan fingerprint density at radius 3 is 2.00 bits per heavy atom. The molecule has 0 aromatic heterocycles. The first-order chi connectivity index (χ1) is 8.61. The molecule has 0 saturated heterocycles. The van der Waals surface area contributed by atoms with Gasteiger partial charge in [-0.1, -0.05) is 42.5 Å². The van der Waals surface area contributed by atoms with Gasteiger partial charge in [0.25, 0.3) is 0 Å². The van der Waals surface area contributed by atoms with Gasteiger partial charge in [0.2, 0.25) is 0 Å². The minimum Gasteiger partial charge on any atom is -0.313 e. The molecule has 0 saturated carbocycles. The fourth-order valence-electron chi connectivity index (χ4n) is 2.05. The quantitative estimate of drug-likeness (QED) is 0.844. The van der Waals surface area contributed by atoms with Crippen molar-refractivity contribution < 1.29 is 0 Å². The molecule has 2 aromatic rings. The first-order valence-corrected chi connectivity index (χ1v) is 6.46. The maximum Gasteiger partial charge on any atom is 0.0289 e. The highest BCUT2D eigenvalue weighted by molar-refractivity contribution is 5.65. The molecule has 0 heterocycles. The summed E-state index contributed by atoms with van der Waals surface area (Å²) in [7, 11) is 1.99. The Labute approximate surface area is 110 Å². The normalized spacial score (nSPS) is 12.4. The summed E-state index contributed by atoms with van der Waals surface area (Å²) in [4.78, 5) is 0.